The van der Waals surface area contributed by atoms with Crippen LogP contribution in [0.15, 0.2) is 0 Å². The zero-order valence-corrected chi connectivity index (χ0v) is 10.2. The highest BCUT2D eigenvalue weighted by atomic mass is 16.7. The fourth-order valence-corrected chi connectivity index (χ4v) is 4.20. The SMILES string of the molecule is CC[C@]12CCCC3CC(O)OC(OC(=O)C1)C32. The molecule has 1 saturated carbocycles. The van der Waals surface area contributed by atoms with E-state index in [1.807, 2.05) is 0 Å². The molecule has 3 aliphatic rings. The largest absolute Gasteiger partial charge is 0.435 e. The first kappa shape index (κ1) is 11.5. The van der Waals surface area contributed by atoms with Crippen molar-refractivity contribution in [2.75, 3.05) is 0 Å². The van der Waals surface area contributed by atoms with Gasteiger partial charge in [0.15, 0.2) is 6.29 Å². The molecular formula is C13H20O4. The lowest BCUT2D eigenvalue weighted by Crippen LogP contribution is -2.57. The summed E-state index contributed by atoms with van der Waals surface area (Å²) in [5.74, 6) is 0.579. The van der Waals surface area contributed by atoms with Gasteiger partial charge < -0.3 is 14.6 Å². The van der Waals surface area contributed by atoms with Crippen molar-refractivity contribution in [2.45, 2.75) is 58.0 Å². The molecule has 0 aromatic carbocycles. The normalized spacial score (nSPS) is 49.4. The predicted octanol–water partition coefficient (Wildman–Crippen LogP) is 1.81. The fourth-order valence-electron chi connectivity index (χ4n) is 4.20. The molecule has 3 rings (SSSR count). The predicted molar refractivity (Wildman–Crippen MR) is 59.8 cm³/mol. The smallest absolute Gasteiger partial charge is 0.308 e. The van der Waals surface area contributed by atoms with E-state index in [0.717, 1.165) is 25.7 Å². The van der Waals surface area contributed by atoms with Gasteiger partial charge in [0.2, 0.25) is 6.29 Å². The lowest BCUT2D eigenvalue weighted by Gasteiger charge is -2.55. The molecule has 1 N–H and O–H groups in total. The summed E-state index contributed by atoms with van der Waals surface area (Å²) in [6, 6.07) is 0. The third-order valence-electron chi connectivity index (χ3n) is 5.00. The summed E-state index contributed by atoms with van der Waals surface area (Å²) in [7, 11) is 0. The number of rotatable bonds is 1. The van der Waals surface area contributed by atoms with Crippen molar-refractivity contribution >= 4 is 5.97 Å². The van der Waals surface area contributed by atoms with Crippen molar-refractivity contribution in [3.63, 3.8) is 0 Å². The third-order valence-corrected chi connectivity index (χ3v) is 5.00. The van der Waals surface area contributed by atoms with Crippen molar-refractivity contribution in [3.05, 3.63) is 0 Å². The van der Waals surface area contributed by atoms with Gasteiger partial charge in [-0.15, -0.1) is 0 Å². The van der Waals surface area contributed by atoms with Crippen LogP contribution in [0.5, 0.6) is 0 Å². The van der Waals surface area contributed by atoms with Crippen LogP contribution in [-0.4, -0.2) is 23.7 Å². The van der Waals surface area contributed by atoms with E-state index < -0.39 is 12.6 Å². The Balaban J connectivity index is 1.95. The van der Waals surface area contributed by atoms with E-state index in [-0.39, 0.29) is 11.4 Å². The number of hydrogen-bond donors (Lipinski definition) is 1. The molecule has 0 amide bonds. The van der Waals surface area contributed by atoms with Crippen LogP contribution in [0.4, 0.5) is 0 Å². The summed E-state index contributed by atoms with van der Waals surface area (Å²) in [6.07, 6.45) is 4.32. The maximum atomic E-state index is 11.7. The Kier molecular flexibility index (Phi) is 2.67. The van der Waals surface area contributed by atoms with Crippen LogP contribution in [-0.2, 0) is 14.3 Å². The topological polar surface area (TPSA) is 55.8 Å². The van der Waals surface area contributed by atoms with Gasteiger partial charge >= 0.3 is 5.97 Å². The Morgan fingerprint density at radius 2 is 2.35 bits per heavy atom. The van der Waals surface area contributed by atoms with Crippen LogP contribution in [0.2, 0.25) is 0 Å². The molecule has 4 unspecified atom stereocenters. The Hall–Kier alpha value is -0.610. The summed E-state index contributed by atoms with van der Waals surface area (Å²) in [4.78, 5) is 11.7. The van der Waals surface area contributed by atoms with E-state index in [2.05, 4.69) is 6.92 Å². The highest BCUT2D eigenvalue weighted by molar-refractivity contribution is 5.71. The van der Waals surface area contributed by atoms with Gasteiger partial charge in [0.05, 0.1) is 6.42 Å². The van der Waals surface area contributed by atoms with Gasteiger partial charge in [-0.25, -0.2) is 0 Å². The molecule has 2 aliphatic heterocycles. The van der Waals surface area contributed by atoms with Crippen LogP contribution in [0.25, 0.3) is 0 Å². The van der Waals surface area contributed by atoms with Crippen molar-refractivity contribution < 1.29 is 19.4 Å². The van der Waals surface area contributed by atoms with Gasteiger partial charge in [-0.1, -0.05) is 13.3 Å². The molecule has 0 spiro atoms. The number of ether oxygens (including phenoxy) is 2. The molecule has 2 saturated heterocycles. The molecule has 4 nitrogen and oxygen atoms in total. The van der Waals surface area contributed by atoms with Crippen molar-refractivity contribution in [1.82, 2.24) is 0 Å². The minimum Gasteiger partial charge on any atom is -0.435 e. The number of carbonyl (C=O) groups is 1. The number of hydrogen-bond acceptors (Lipinski definition) is 4. The van der Waals surface area contributed by atoms with E-state index in [4.69, 9.17) is 9.47 Å². The highest BCUT2D eigenvalue weighted by Crippen LogP contribution is 2.56. The van der Waals surface area contributed by atoms with Crippen molar-refractivity contribution in [3.8, 4) is 0 Å². The van der Waals surface area contributed by atoms with E-state index in [1.54, 1.807) is 0 Å². The average Bonchev–Trinajstić information content (AvgIpc) is 2.27. The maximum absolute atomic E-state index is 11.7. The Morgan fingerprint density at radius 3 is 3.12 bits per heavy atom. The molecule has 0 bridgehead atoms. The Bertz CT molecular complexity index is 329. The number of aliphatic hydroxyl groups is 1. The highest BCUT2D eigenvalue weighted by Gasteiger charge is 2.56. The second-order valence-corrected chi connectivity index (χ2v) is 5.76. The zero-order valence-electron chi connectivity index (χ0n) is 10.2. The van der Waals surface area contributed by atoms with E-state index in [0.29, 0.717) is 24.7 Å². The zero-order chi connectivity index (χ0) is 12.0. The van der Waals surface area contributed by atoms with Gasteiger partial charge in [-0.3, -0.25) is 4.79 Å². The molecule has 0 aromatic rings. The molecule has 2 heterocycles. The first-order valence-electron chi connectivity index (χ1n) is 6.67. The molecule has 17 heavy (non-hydrogen) atoms. The summed E-state index contributed by atoms with van der Waals surface area (Å²) >= 11 is 0. The Morgan fingerprint density at radius 1 is 1.53 bits per heavy atom. The molecule has 5 atom stereocenters. The monoisotopic (exact) mass is 240 g/mol. The summed E-state index contributed by atoms with van der Waals surface area (Å²) in [5, 5.41) is 9.69. The third kappa shape index (κ3) is 1.69. The van der Waals surface area contributed by atoms with E-state index in [9.17, 15) is 9.90 Å². The van der Waals surface area contributed by atoms with Crippen molar-refractivity contribution in [1.29, 1.82) is 0 Å². The van der Waals surface area contributed by atoms with Gasteiger partial charge in [0.1, 0.15) is 0 Å². The quantitative estimate of drug-likeness (QED) is 0.710. The van der Waals surface area contributed by atoms with Gasteiger partial charge in [0, 0.05) is 12.3 Å². The lowest BCUT2D eigenvalue weighted by atomic mass is 9.56. The maximum Gasteiger partial charge on any atom is 0.308 e. The standard InChI is InChI=1S/C13H20O4/c1-2-13-5-3-4-8-6-9(14)16-12(11(8)13)17-10(15)7-13/h8-9,11-12,14H,2-7H2,1H3/t8?,9?,11?,12?,13-/m0/s1. The van der Waals surface area contributed by atoms with Gasteiger partial charge in [-0.05, 0) is 30.6 Å². The minimum absolute atomic E-state index is 0.0586. The van der Waals surface area contributed by atoms with Crippen LogP contribution < -0.4 is 0 Å². The van der Waals surface area contributed by atoms with Crippen LogP contribution >= 0.6 is 0 Å². The lowest BCUT2D eigenvalue weighted by molar-refractivity contribution is -0.315. The Labute approximate surface area is 101 Å². The van der Waals surface area contributed by atoms with Gasteiger partial charge in [0.25, 0.3) is 0 Å². The fraction of sp³-hybridized carbons (Fsp3) is 0.923. The van der Waals surface area contributed by atoms with Crippen LogP contribution in [0, 0.1) is 17.3 Å². The first-order valence-corrected chi connectivity index (χ1v) is 6.67. The molecule has 1 aliphatic carbocycles. The minimum atomic E-state index is -0.764. The van der Waals surface area contributed by atoms with Crippen LogP contribution in [0.3, 0.4) is 0 Å². The van der Waals surface area contributed by atoms with Crippen LogP contribution in [0.1, 0.15) is 45.4 Å². The average molecular weight is 240 g/mol. The molecule has 4 heteroatoms. The van der Waals surface area contributed by atoms with E-state index in [1.165, 1.54) is 0 Å². The molecule has 0 aromatic heterocycles. The molecule has 96 valence electrons. The molecule has 3 fully saturated rings. The van der Waals surface area contributed by atoms with Crippen molar-refractivity contribution in [2.24, 2.45) is 17.3 Å². The van der Waals surface area contributed by atoms with E-state index >= 15 is 0 Å². The molecule has 0 radical (unpaired) electrons. The number of carbonyl (C=O) groups excluding carboxylic acids is 1. The first-order chi connectivity index (χ1) is 8.14. The summed E-state index contributed by atoms with van der Waals surface area (Å²) in [6.45, 7) is 2.16. The second kappa shape index (κ2) is 3.95. The number of aliphatic hydroxyl groups excluding tert-OH is 1. The second-order valence-electron chi connectivity index (χ2n) is 5.76. The van der Waals surface area contributed by atoms with Gasteiger partial charge in [-0.2, -0.15) is 0 Å². The molecular weight excluding hydrogens is 220 g/mol. The summed E-state index contributed by atoms with van der Waals surface area (Å²) in [5.41, 5.74) is 0.0586. The number of esters is 1. The summed E-state index contributed by atoms with van der Waals surface area (Å²) < 4.78 is 10.7.